The van der Waals surface area contributed by atoms with Gasteiger partial charge in [0.1, 0.15) is 29.4 Å². The normalized spacial score (nSPS) is 15.1. The Hall–Kier alpha value is -4.88. The standard InChI is InChI=1S/C32H30F3N9O/c1-43(2)7-8-45-24-11-20(10-23(33)13-24)27-29-26(3-5-37-27)39-31(40-29)28-25-12-22(16-38-30(25)42-41-28)21-9-19(14-36-15-21)17-44-6-4-32(34,35)18-44/h3,5,9-16H,4,6-8,17-18H2,1-2H3,(H,39,40)(H,38,41,42). The number of aromatic amines is 2. The van der Waals surface area contributed by atoms with Gasteiger partial charge in [-0.05, 0) is 50.0 Å². The Morgan fingerprint density at radius 1 is 1.00 bits per heavy atom. The van der Waals surface area contributed by atoms with E-state index < -0.39 is 11.7 Å². The summed E-state index contributed by atoms with van der Waals surface area (Å²) in [6, 6.07) is 10.2. The number of halogens is 3. The fourth-order valence-corrected chi connectivity index (χ4v) is 5.56. The number of pyridine rings is 3. The van der Waals surface area contributed by atoms with Crippen molar-refractivity contribution in [2.24, 2.45) is 0 Å². The number of imidazole rings is 1. The van der Waals surface area contributed by atoms with Crippen LogP contribution in [0.1, 0.15) is 12.0 Å². The molecule has 45 heavy (non-hydrogen) atoms. The van der Waals surface area contributed by atoms with E-state index in [2.05, 4.69) is 30.1 Å². The number of hydrogen-bond donors (Lipinski definition) is 2. The van der Waals surface area contributed by atoms with Crippen LogP contribution in [-0.2, 0) is 6.54 Å². The monoisotopic (exact) mass is 613 g/mol. The lowest BCUT2D eigenvalue weighted by Gasteiger charge is -2.15. The van der Waals surface area contributed by atoms with Crippen molar-refractivity contribution in [1.29, 1.82) is 0 Å². The first kappa shape index (κ1) is 28.9. The summed E-state index contributed by atoms with van der Waals surface area (Å²) in [4.78, 5) is 25.3. The minimum atomic E-state index is -2.65. The maximum atomic E-state index is 14.6. The summed E-state index contributed by atoms with van der Waals surface area (Å²) >= 11 is 0. The lowest BCUT2D eigenvalue weighted by molar-refractivity contribution is 0.0115. The number of H-pyrrole nitrogens is 2. The van der Waals surface area contributed by atoms with Gasteiger partial charge >= 0.3 is 0 Å². The highest BCUT2D eigenvalue weighted by atomic mass is 19.3. The maximum Gasteiger partial charge on any atom is 0.261 e. The third kappa shape index (κ3) is 6.08. The Bertz CT molecular complexity index is 2010. The molecular weight excluding hydrogens is 583 g/mol. The van der Waals surface area contributed by atoms with E-state index in [4.69, 9.17) is 9.72 Å². The molecule has 0 aliphatic carbocycles. The topological polar surface area (TPSA) is 112 Å². The molecule has 0 amide bonds. The molecule has 0 bridgehead atoms. The summed E-state index contributed by atoms with van der Waals surface area (Å²) in [7, 11) is 3.89. The molecule has 13 heteroatoms. The zero-order valence-electron chi connectivity index (χ0n) is 24.7. The second-order valence-electron chi connectivity index (χ2n) is 11.6. The number of aromatic nitrogens is 7. The molecule has 6 aromatic rings. The Balaban J connectivity index is 1.20. The van der Waals surface area contributed by atoms with Crippen LogP contribution in [0.3, 0.4) is 0 Å². The minimum Gasteiger partial charge on any atom is -0.492 e. The van der Waals surface area contributed by atoms with Gasteiger partial charge in [0.25, 0.3) is 5.92 Å². The summed E-state index contributed by atoms with van der Waals surface area (Å²) < 4.78 is 47.8. The molecule has 0 saturated carbocycles. The van der Waals surface area contributed by atoms with Crippen LogP contribution in [0.4, 0.5) is 13.2 Å². The number of benzene rings is 1. The maximum absolute atomic E-state index is 14.6. The van der Waals surface area contributed by atoms with Crippen molar-refractivity contribution in [1.82, 2.24) is 44.9 Å². The molecule has 0 radical (unpaired) electrons. The SMILES string of the molecule is CN(C)CCOc1cc(F)cc(-c2nccc3[nH]c(-c4n[nH]c5ncc(-c6cncc(CN7CCC(F)(F)C7)c6)cc45)nc23)c1. The van der Waals surface area contributed by atoms with Crippen molar-refractivity contribution >= 4 is 22.1 Å². The summed E-state index contributed by atoms with van der Waals surface area (Å²) in [6.45, 7) is 1.61. The van der Waals surface area contributed by atoms with Gasteiger partial charge in [0.2, 0.25) is 0 Å². The van der Waals surface area contributed by atoms with Crippen LogP contribution < -0.4 is 4.74 Å². The number of fused-ring (bicyclic) bond motifs is 2. The first-order valence-electron chi connectivity index (χ1n) is 14.5. The van der Waals surface area contributed by atoms with Gasteiger partial charge in [0, 0.05) is 73.6 Å². The molecule has 0 unspecified atom stereocenters. The predicted molar refractivity (Wildman–Crippen MR) is 164 cm³/mol. The third-order valence-corrected chi connectivity index (χ3v) is 7.78. The fourth-order valence-electron chi connectivity index (χ4n) is 5.56. The fraction of sp³-hybridized carbons (Fsp3) is 0.281. The molecule has 1 aliphatic rings. The van der Waals surface area contributed by atoms with E-state index in [1.54, 1.807) is 41.8 Å². The Labute approximate surface area is 256 Å². The number of hydrogen-bond acceptors (Lipinski definition) is 8. The smallest absolute Gasteiger partial charge is 0.261 e. The van der Waals surface area contributed by atoms with Crippen molar-refractivity contribution in [2.75, 3.05) is 40.3 Å². The quantitative estimate of drug-likeness (QED) is 0.219. The van der Waals surface area contributed by atoms with Crippen molar-refractivity contribution in [3.05, 3.63) is 72.6 Å². The average molecular weight is 614 g/mol. The molecule has 2 N–H and O–H groups in total. The molecule has 5 aromatic heterocycles. The molecule has 0 atom stereocenters. The van der Waals surface area contributed by atoms with E-state index in [-0.39, 0.29) is 13.0 Å². The largest absolute Gasteiger partial charge is 0.492 e. The highest BCUT2D eigenvalue weighted by Crippen LogP contribution is 2.33. The highest BCUT2D eigenvalue weighted by molar-refractivity contribution is 5.96. The van der Waals surface area contributed by atoms with Gasteiger partial charge in [-0.25, -0.2) is 23.1 Å². The van der Waals surface area contributed by atoms with Gasteiger partial charge < -0.3 is 14.6 Å². The average Bonchev–Trinajstić information content (AvgIpc) is 3.72. The van der Waals surface area contributed by atoms with Crippen LogP contribution in [0, 0.1) is 5.82 Å². The van der Waals surface area contributed by atoms with Gasteiger partial charge in [-0.1, -0.05) is 0 Å². The molecule has 230 valence electrons. The lowest BCUT2D eigenvalue weighted by Crippen LogP contribution is -2.24. The lowest BCUT2D eigenvalue weighted by atomic mass is 10.1. The molecular formula is C32H30F3N9O. The summed E-state index contributed by atoms with van der Waals surface area (Å²) in [6.07, 6.45) is 6.66. The van der Waals surface area contributed by atoms with E-state index in [1.807, 2.05) is 31.1 Å². The predicted octanol–water partition coefficient (Wildman–Crippen LogP) is 5.55. The van der Waals surface area contributed by atoms with E-state index >= 15 is 0 Å². The van der Waals surface area contributed by atoms with Crippen molar-refractivity contribution in [3.63, 3.8) is 0 Å². The molecule has 1 aromatic carbocycles. The van der Waals surface area contributed by atoms with Crippen LogP contribution in [-0.4, -0.2) is 91.2 Å². The molecule has 0 spiro atoms. The van der Waals surface area contributed by atoms with Crippen molar-refractivity contribution < 1.29 is 17.9 Å². The molecule has 1 fully saturated rings. The molecule has 7 rings (SSSR count). The van der Waals surface area contributed by atoms with Crippen LogP contribution >= 0.6 is 0 Å². The molecule has 10 nitrogen and oxygen atoms in total. The van der Waals surface area contributed by atoms with Gasteiger partial charge in [0.05, 0.1) is 23.1 Å². The number of nitrogens with one attached hydrogen (secondary N) is 2. The van der Waals surface area contributed by atoms with Crippen molar-refractivity contribution in [3.8, 4) is 39.7 Å². The van der Waals surface area contributed by atoms with Gasteiger partial charge in [-0.15, -0.1) is 0 Å². The number of likely N-dealkylation sites (tertiary alicyclic amines) is 1. The molecule has 1 aliphatic heterocycles. The minimum absolute atomic E-state index is 0.127. The number of alkyl halides is 2. The van der Waals surface area contributed by atoms with Crippen LogP contribution in [0.5, 0.6) is 5.75 Å². The summed E-state index contributed by atoms with van der Waals surface area (Å²) in [5, 5.41) is 8.19. The number of likely N-dealkylation sites (N-methyl/N-ethyl adjacent to an activating group) is 1. The first-order valence-corrected chi connectivity index (χ1v) is 14.5. The number of ether oxygens (including phenoxy) is 1. The Kier molecular flexibility index (Phi) is 7.42. The van der Waals surface area contributed by atoms with Crippen LogP contribution in [0.15, 0.2) is 61.2 Å². The van der Waals surface area contributed by atoms with Gasteiger partial charge in [-0.2, -0.15) is 5.10 Å². The molecule has 1 saturated heterocycles. The highest BCUT2D eigenvalue weighted by Gasteiger charge is 2.37. The second kappa shape index (κ2) is 11.6. The second-order valence-corrected chi connectivity index (χ2v) is 11.6. The van der Waals surface area contributed by atoms with E-state index in [0.29, 0.717) is 71.4 Å². The Morgan fingerprint density at radius 3 is 2.69 bits per heavy atom. The first-order chi connectivity index (χ1) is 21.7. The van der Waals surface area contributed by atoms with Crippen molar-refractivity contribution in [2.45, 2.75) is 18.9 Å². The third-order valence-electron chi connectivity index (χ3n) is 7.78. The summed E-state index contributed by atoms with van der Waals surface area (Å²) in [5.74, 6) is -2.18. The zero-order valence-corrected chi connectivity index (χ0v) is 24.7. The number of nitrogens with zero attached hydrogens (tertiary/aromatic N) is 7. The summed E-state index contributed by atoms with van der Waals surface area (Å²) in [5.41, 5.74) is 5.89. The van der Waals surface area contributed by atoms with E-state index in [0.717, 1.165) is 22.1 Å². The molecule has 6 heterocycles. The van der Waals surface area contributed by atoms with E-state index in [1.165, 1.54) is 12.1 Å². The van der Waals surface area contributed by atoms with Gasteiger partial charge in [-0.3, -0.25) is 20.0 Å². The van der Waals surface area contributed by atoms with Crippen LogP contribution in [0.2, 0.25) is 0 Å². The van der Waals surface area contributed by atoms with E-state index in [9.17, 15) is 13.2 Å². The Morgan fingerprint density at radius 2 is 1.87 bits per heavy atom. The van der Waals surface area contributed by atoms with Gasteiger partial charge in [0.15, 0.2) is 11.5 Å². The van der Waals surface area contributed by atoms with Crippen LogP contribution in [0.25, 0.3) is 56.0 Å². The zero-order chi connectivity index (χ0) is 31.1. The number of rotatable bonds is 9.